The molecule has 4 heterocycles. The summed E-state index contributed by atoms with van der Waals surface area (Å²) in [7, 11) is 4.27. The number of anilines is 1. The average molecular weight is 690 g/mol. The zero-order valence-electron chi connectivity index (χ0n) is 30.6. The maximum Gasteiger partial charge on any atom is 0.246 e. The van der Waals surface area contributed by atoms with Gasteiger partial charge in [0.25, 0.3) is 0 Å². The molecule has 10 heteroatoms. The van der Waals surface area contributed by atoms with E-state index in [1.165, 1.54) is 57.4 Å². The molecule has 3 saturated heterocycles. The number of carbonyl (C=O) groups excluding carboxylic acids is 1. The molecule has 1 aromatic rings. The zero-order chi connectivity index (χ0) is 34.9. The molecule has 2 N–H and O–H groups in total. The zero-order valence-corrected chi connectivity index (χ0v) is 30.6. The number of ether oxygens (including phenoxy) is 1. The smallest absolute Gasteiger partial charge is 0.246 e. The summed E-state index contributed by atoms with van der Waals surface area (Å²) in [5, 5.41) is 18.2. The number of piperazine rings is 1. The summed E-state index contributed by atoms with van der Waals surface area (Å²) in [6, 6.07) is 8.44. The minimum atomic E-state index is -0.331. The van der Waals surface area contributed by atoms with Gasteiger partial charge in [0.15, 0.2) is 6.35 Å². The molecule has 9 nitrogen and oxygen atoms in total. The van der Waals surface area contributed by atoms with Crippen molar-refractivity contribution in [2.75, 3.05) is 58.3 Å². The first-order valence-electron chi connectivity index (χ1n) is 19.7. The molecule has 1 spiro atoms. The number of likely N-dealkylation sites (N-methyl/N-ethyl adjacent to an activating group) is 1. The summed E-state index contributed by atoms with van der Waals surface area (Å²) >= 11 is 0. The summed E-state index contributed by atoms with van der Waals surface area (Å²) in [4.78, 5) is 22.2. The van der Waals surface area contributed by atoms with E-state index in [9.17, 15) is 10.1 Å². The maximum absolute atomic E-state index is 15.1. The number of amides is 1. The number of carbonyl (C=O) groups is 1. The highest BCUT2D eigenvalue weighted by Gasteiger charge is 2.60. The lowest BCUT2D eigenvalue weighted by atomic mass is 9.58. The quantitative estimate of drug-likeness (QED) is 0.377. The molecule has 7 rings (SSSR count). The van der Waals surface area contributed by atoms with Gasteiger partial charge in [0.05, 0.1) is 36.5 Å². The SMILES string of the molecule is C=CC(=O)N1CCN(C2(C3CCCCCCC3)NC(OC[C@H]3CCCN3C)NC3C[C@@]4(CCC32)Cc2cccc(F)c2N(C)C4)C[C@H]1CC#N. The molecule has 4 aliphatic heterocycles. The van der Waals surface area contributed by atoms with Gasteiger partial charge >= 0.3 is 0 Å². The van der Waals surface area contributed by atoms with Gasteiger partial charge in [-0.25, -0.2) is 4.39 Å². The largest absolute Gasteiger partial charge is 0.371 e. The van der Waals surface area contributed by atoms with Gasteiger partial charge in [0.1, 0.15) is 5.82 Å². The number of rotatable bonds is 7. The number of nitrogens with zero attached hydrogens (tertiary/aromatic N) is 5. The molecule has 50 heavy (non-hydrogen) atoms. The Hall–Kier alpha value is -2.55. The fourth-order valence-electron chi connectivity index (χ4n) is 11.4. The Balaban J connectivity index is 1.26. The van der Waals surface area contributed by atoms with Gasteiger partial charge in [-0.2, -0.15) is 5.26 Å². The van der Waals surface area contributed by atoms with E-state index in [4.69, 9.17) is 4.74 Å². The van der Waals surface area contributed by atoms with E-state index < -0.39 is 0 Å². The summed E-state index contributed by atoms with van der Waals surface area (Å²) in [6.07, 6.45) is 16.5. The molecular formula is C40H60FN7O2. The van der Waals surface area contributed by atoms with E-state index in [1.807, 2.05) is 11.0 Å². The van der Waals surface area contributed by atoms with E-state index in [-0.39, 0.29) is 41.2 Å². The van der Waals surface area contributed by atoms with Crippen LogP contribution in [-0.4, -0.2) is 104 Å². The lowest BCUT2D eigenvalue weighted by molar-refractivity contribution is -0.187. The molecule has 1 aromatic carbocycles. The third-order valence-electron chi connectivity index (χ3n) is 13.7. The van der Waals surface area contributed by atoms with Gasteiger partial charge in [-0.1, -0.05) is 50.8 Å². The summed E-state index contributed by atoms with van der Waals surface area (Å²) in [5.74, 6) is 0.555. The van der Waals surface area contributed by atoms with Crippen molar-refractivity contribution in [3.05, 3.63) is 42.2 Å². The predicted molar refractivity (Wildman–Crippen MR) is 195 cm³/mol. The number of likely N-dealkylation sites (tertiary alicyclic amines) is 1. The van der Waals surface area contributed by atoms with Crippen LogP contribution >= 0.6 is 0 Å². The number of benzene rings is 1. The Kier molecular flexibility index (Phi) is 10.9. The van der Waals surface area contributed by atoms with Crippen molar-refractivity contribution < 1.29 is 13.9 Å². The minimum Gasteiger partial charge on any atom is -0.371 e. The molecule has 2 saturated carbocycles. The predicted octanol–water partition coefficient (Wildman–Crippen LogP) is 5.23. The van der Waals surface area contributed by atoms with Crippen LogP contribution in [0.4, 0.5) is 10.1 Å². The van der Waals surface area contributed by atoms with Gasteiger partial charge in [-0.05, 0) is 94.0 Å². The van der Waals surface area contributed by atoms with Crippen molar-refractivity contribution in [1.29, 1.82) is 5.26 Å². The van der Waals surface area contributed by atoms with Gasteiger partial charge in [0.2, 0.25) is 5.91 Å². The number of hydrogen-bond acceptors (Lipinski definition) is 8. The van der Waals surface area contributed by atoms with Gasteiger partial charge in [0, 0.05) is 51.2 Å². The molecule has 7 atom stereocenters. The normalized spacial score (nSPS) is 35.9. The fraction of sp³-hybridized carbons (Fsp3) is 0.750. The molecule has 5 fully saturated rings. The molecule has 0 aromatic heterocycles. The average Bonchev–Trinajstić information content (AvgIpc) is 3.50. The van der Waals surface area contributed by atoms with Crippen molar-refractivity contribution in [3.63, 3.8) is 0 Å². The lowest BCUT2D eigenvalue weighted by Gasteiger charge is -2.65. The molecule has 2 aliphatic carbocycles. The number of nitriles is 1. The maximum atomic E-state index is 15.1. The first kappa shape index (κ1) is 35.8. The van der Waals surface area contributed by atoms with Crippen molar-refractivity contribution >= 4 is 11.6 Å². The van der Waals surface area contributed by atoms with E-state index in [1.54, 1.807) is 6.07 Å². The van der Waals surface area contributed by atoms with Crippen LogP contribution in [0.25, 0.3) is 0 Å². The lowest BCUT2D eigenvalue weighted by Crippen LogP contribution is -2.81. The van der Waals surface area contributed by atoms with Crippen molar-refractivity contribution in [1.82, 2.24) is 25.3 Å². The second kappa shape index (κ2) is 15.2. The van der Waals surface area contributed by atoms with Crippen LogP contribution in [0, 0.1) is 34.4 Å². The van der Waals surface area contributed by atoms with Crippen LogP contribution in [-0.2, 0) is 16.0 Å². The van der Waals surface area contributed by atoms with Gasteiger partial charge in [-0.15, -0.1) is 0 Å². The number of hydrogen-bond donors (Lipinski definition) is 2. The molecule has 0 radical (unpaired) electrons. The second-order valence-corrected chi connectivity index (χ2v) is 16.6. The Bertz CT molecular complexity index is 1410. The number of nitrogens with one attached hydrogen (secondary N) is 2. The van der Waals surface area contributed by atoms with Crippen LogP contribution in [0.15, 0.2) is 30.9 Å². The van der Waals surface area contributed by atoms with E-state index >= 15 is 4.39 Å². The van der Waals surface area contributed by atoms with E-state index in [0.29, 0.717) is 44.0 Å². The number of para-hydroxylation sites is 1. The monoisotopic (exact) mass is 689 g/mol. The minimum absolute atomic E-state index is 0.0440. The summed E-state index contributed by atoms with van der Waals surface area (Å²) < 4.78 is 22.0. The Morgan fingerprint density at radius 1 is 1.08 bits per heavy atom. The van der Waals surface area contributed by atoms with Crippen LogP contribution in [0.2, 0.25) is 0 Å². The first-order chi connectivity index (χ1) is 24.3. The fourth-order valence-corrected chi connectivity index (χ4v) is 11.4. The highest BCUT2D eigenvalue weighted by Crippen LogP contribution is 2.54. The van der Waals surface area contributed by atoms with Gasteiger partial charge in [-0.3, -0.25) is 20.3 Å². The molecule has 0 bridgehead atoms. The highest BCUT2D eigenvalue weighted by atomic mass is 19.1. The Morgan fingerprint density at radius 3 is 2.62 bits per heavy atom. The standard InChI is InChI=1S/C40H60FN7O2/c1-4-36(49)48-23-22-47(26-31(48)18-20-42)40(30-13-8-6-5-7-9-14-30)33-17-19-39(24-29-12-10-16-34(41)37(29)46(3)28-39)25-35(33)43-38(44-40)50-27-32-15-11-21-45(32)2/h4,10,12,16,30-33,35,38,43-44H,1,5-9,11,13-15,17-19,21-28H2,2-3H3/t31-,32-,33?,35?,38?,39-,40?/m1/s1. The summed E-state index contributed by atoms with van der Waals surface area (Å²) in [5.41, 5.74) is 1.60. The second-order valence-electron chi connectivity index (χ2n) is 16.6. The van der Waals surface area contributed by atoms with E-state index in [2.05, 4.69) is 58.1 Å². The molecular weight excluding hydrogens is 629 g/mol. The van der Waals surface area contributed by atoms with Crippen LogP contribution in [0.1, 0.15) is 89.0 Å². The van der Waals surface area contributed by atoms with Gasteiger partial charge < -0.3 is 19.4 Å². The number of halogens is 1. The number of fused-ring (bicyclic) bond motifs is 2. The molecule has 6 aliphatic rings. The third kappa shape index (κ3) is 6.86. The molecule has 274 valence electrons. The summed E-state index contributed by atoms with van der Waals surface area (Å²) in [6.45, 7) is 8.43. The third-order valence-corrected chi connectivity index (χ3v) is 13.7. The van der Waals surface area contributed by atoms with Crippen molar-refractivity contribution in [2.24, 2.45) is 17.3 Å². The highest BCUT2D eigenvalue weighted by molar-refractivity contribution is 5.87. The topological polar surface area (TPSA) is 87.1 Å². The van der Waals surface area contributed by atoms with Crippen molar-refractivity contribution in [2.45, 2.75) is 120 Å². The van der Waals surface area contributed by atoms with Crippen LogP contribution in [0.5, 0.6) is 0 Å². The Labute approximate surface area is 299 Å². The molecule has 4 unspecified atom stereocenters. The first-order valence-corrected chi connectivity index (χ1v) is 19.7. The van der Waals surface area contributed by atoms with Crippen LogP contribution < -0.4 is 15.5 Å². The molecule has 1 amide bonds. The Morgan fingerprint density at radius 2 is 1.88 bits per heavy atom. The van der Waals surface area contributed by atoms with E-state index in [0.717, 1.165) is 63.0 Å². The van der Waals surface area contributed by atoms with Crippen LogP contribution in [0.3, 0.4) is 0 Å². The van der Waals surface area contributed by atoms with Crippen molar-refractivity contribution in [3.8, 4) is 6.07 Å².